The highest BCUT2D eigenvalue weighted by molar-refractivity contribution is 4.94. The first kappa shape index (κ1) is 8.75. The third-order valence-corrected chi connectivity index (χ3v) is 2.48. The average molecular weight is 155 g/mol. The molecule has 0 radical (unpaired) electrons. The molecule has 2 nitrogen and oxygen atoms in total. The molecule has 1 saturated heterocycles. The fourth-order valence-electron chi connectivity index (χ4n) is 1.73. The van der Waals surface area contributed by atoms with Crippen LogP contribution in [0.5, 0.6) is 0 Å². The molecule has 1 fully saturated rings. The van der Waals surface area contributed by atoms with Gasteiger partial charge in [0.15, 0.2) is 0 Å². The van der Waals surface area contributed by atoms with Crippen molar-refractivity contribution in [1.82, 2.24) is 5.32 Å². The molecule has 11 heavy (non-hydrogen) atoms. The molecule has 0 aromatic heterocycles. The van der Waals surface area contributed by atoms with Crippen LogP contribution in [0.15, 0.2) is 12.7 Å². The number of rotatable bonds is 3. The first-order valence-electron chi connectivity index (χ1n) is 4.21. The van der Waals surface area contributed by atoms with E-state index in [0.717, 1.165) is 13.0 Å². The topological polar surface area (TPSA) is 21.3 Å². The van der Waals surface area contributed by atoms with E-state index in [0.29, 0.717) is 18.1 Å². The molecular weight excluding hydrogens is 138 g/mol. The van der Waals surface area contributed by atoms with E-state index in [1.165, 1.54) is 0 Å². The lowest BCUT2D eigenvalue weighted by Gasteiger charge is -2.21. The molecule has 1 rings (SSSR count). The lowest BCUT2D eigenvalue weighted by Crippen LogP contribution is -2.35. The lowest BCUT2D eigenvalue weighted by atomic mass is 9.94. The van der Waals surface area contributed by atoms with E-state index in [9.17, 15) is 0 Å². The van der Waals surface area contributed by atoms with Crippen molar-refractivity contribution < 1.29 is 4.74 Å². The average Bonchev–Trinajstić information content (AvgIpc) is 2.40. The summed E-state index contributed by atoms with van der Waals surface area (Å²) in [6, 6.07) is 0.410. The maximum absolute atomic E-state index is 5.46. The number of hydrogen-bond acceptors (Lipinski definition) is 2. The van der Waals surface area contributed by atoms with Gasteiger partial charge in [0.1, 0.15) is 0 Å². The second-order valence-corrected chi connectivity index (χ2v) is 3.08. The Bertz CT molecular complexity index is 136. The predicted octanol–water partition coefficient (Wildman–Crippen LogP) is 1.19. The van der Waals surface area contributed by atoms with Crippen LogP contribution in [0, 0.1) is 5.92 Å². The molecule has 3 unspecified atom stereocenters. The minimum Gasteiger partial charge on any atom is -0.378 e. The molecule has 64 valence electrons. The van der Waals surface area contributed by atoms with Gasteiger partial charge in [0.05, 0.1) is 6.10 Å². The van der Waals surface area contributed by atoms with Crippen molar-refractivity contribution in [3.63, 3.8) is 0 Å². The summed E-state index contributed by atoms with van der Waals surface area (Å²) in [6.07, 6.45) is 3.50. The second-order valence-electron chi connectivity index (χ2n) is 3.08. The van der Waals surface area contributed by atoms with Crippen LogP contribution in [0.25, 0.3) is 0 Å². The Morgan fingerprint density at radius 1 is 1.73 bits per heavy atom. The predicted molar refractivity (Wildman–Crippen MR) is 46.6 cm³/mol. The summed E-state index contributed by atoms with van der Waals surface area (Å²) in [4.78, 5) is 0. The van der Waals surface area contributed by atoms with Gasteiger partial charge in [-0.15, -0.1) is 6.58 Å². The fraction of sp³-hybridized carbons (Fsp3) is 0.778. The van der Waals surface area contributed by atoms with E-state index >= 15 is 0 Å². The first-order valence-corrected chi connectivity index (χ1v) is 4.21. The van der Waals surface area contributed by atoms with Gasteiger partial charge < -0.3 is 10.1 Å². The Morgan fingerprint density at radius 2 is 2.45 bits per heavy atom. The van der Waals surface area contributed by atoms with E-state index < -0.39 is 0 Å². The maximum atomic E-state index is 5.46. The number of hydrogen-bond donors (Lipinski definition) is 1. The van der Waals surface area contributed by atoms with Crippen LogP contribution >= 0.6 is 0 Å². The van der Waals surface area contributed by atoms with Gasteiger partial charge in [-0.3, -0.25) is 0 Å². The molecule has 2 heteroatoms. The van der Waals surface area contributed by atoms with Crippen LogP contribution in [-0.4, -0.2) is 25.8 Å². The standard InChI is InChI=1S/C9H17NO/c1-4-9(10-3)8-5-6-11-7(8)2/h4,7-10H,1,5-6H2,2-3H3. The van der Waals surface area contributed by atoms with Gasteiger partial charge in [-0.25, -0.2) is 0 Å². The highest BCUT2D eigenvalue weighted by atomic mass is 16.5. The van der Waals surface area contributed by atoms with Gasteiger partial charge in [0.25, 0.3) is 0 Å². The summed E-state index contributed by atoms with van der Waals surface area (Å²) in [5.74, 6) is 0.609. The van der Waals surface area contributed by atoms with Gasteiger partial charge in [0.2, 0.25) is 0 Å². The molecular formula is C9H17NO. The van der Waals surface area contributed by atoms with E-state index in [2.05, 4.69) is 18.8 Å². The minimum atomic E-state index is 0.380. The molecule has 1 aliphatic rings. The van der Waals surface area contributed by atoms with Crippen LogP contribution in [-0.2, 0) is 4.74 Å². The van der Waals surface area contributed by atoms with Crippen molar-refractivity contribution in [1.29, 1.82) is 0 Å². The molecule has 0 aromatic carbocycles. The Hall–Kier alpha value is -0.340. The normalized spacial score (nSPS) is 33.6. The van der Waals surface area contributed by atoms with E-state index in [1.807, 2.05) is 13.1 Å². The smallest absolute Gasteiger partial charge is 0.0593 e. The van der Waals surface area contributed by atoms with Crippen molar-refractivity contribution in [3.8, 4) is 0 Å². The van der Waals surface area contributed by atoms with Crippen LogP contribution in [0.1, 0.15) is 13.3 Å². The van der Waals surface area contributed by atoms with Crippen molar-refractivity contribution in [2.75, 3.05) is 13.7 Å². The summed E-state index contributed by atoms with van der Waals surface area (Å²) >= 11 is 0. The van der Waals surface area contributed by atoms with Gasteiger partial charge in [-0.2, -0.15) is 0 Å². The first-order chi connectivity index (χ1) is 5.29. The van der Waals surface area contributed by atoms with Crippen LogP contribution in [0.2, 0.25) is 0 Å². The summed E-state index contributed by atoms with van der Waals surface area (Å²) in [6.45, 7) is 6.82. The molecule has 0 aromatic rings. The van der Waals surface area contributed by atoms with Crippen molar-refractivity contribution in [2.45, 2.75) is 25.5 Å². The Morgan fingerprint density at radius 3 is 2.82 bits per heavy atom. The van der Waals surface area contributed by atoms with E-state index in [4.69, 9.17) is 4.74 Å². The lowest BCUT2D eigenvalue weighted by molar-refractivity contribution is 0.101. The van der Waals surface area contributed by atoms with E-state index in [-0.39, 0.29) is 0 Å². The summed E-state index contributed by atoms with van der Waals surface area (Å²) < 4.78 is 5.46. The van der Waals surface area contributed by atoms with Gasteiger partial charge >= 0.3 is 0 Å². The zero-order chi connectivity index (χ0) is 8.27. The minimum absolute atomic E-state index is 0.380. The zero-order valence-corrected chi connectivity index (χ0v) is 7.34. The molecule has 0 bridgehead atoms. The summed E-state index contributed by atoms with van der Waals surface area (Å²) in [5, 5.41) is 3.23. The van der Waals surface area contributed by atoms with Crippen molar-refractivity contribution in [3.05, 3.63) is 12.7 Å². The molecule has 0 spiro atoms. The molecule has 3 atom stereocenters. The monoisotopic (exact) mass is 155 g/mol. The Balaban J connectivity index is 2.49. The number of ether oxygens (including phenoxy) is 1. The third kappa shape index (κ3) is 1.82. The van der Waals surface area contributed by atoms with E-state index in [1.54, 1.807) is 0 Å². The second kappa shape index (κ2) is 3.88. The Labute approximate surface area is 68.6 Å². The molecule has 1 aliphatic heterocycles. The zero-order valence-electron chi connectivity index (χ0n) is 7.34. The summed E-state index contributed by atoms with van der Waals surface area (Å²) in [5.41, 5.74) is 0. The van der Waals surface area contributed by atoms with Gasteiger partial charge in [0, 0.05) is 18.6 Å². The van der Waals surface area contributed by atoms with Crippen LogP contribution in [0.3, 0.4) is 0 Å². The fourth-order valence-corrected chi connectivity index (χ4v) is 1.73. The highest BCUT2D eigenvalue weighted by Crippen LogP contribution is 2.23. The SMILES string of the molecule is C=CC(NC)C1CCOC1C. The molecule has 1 N–H and O–H groups in total. The molecule has 0 saturated carbocycles. The molecule has 0 amide bonds. The van der Waals surface area contributed by atoms with Gasteiger partial charge in [-0.05, 0) is 20.4 Å². The largest absolute Gasteiger partial charge is 0.378 e. The summed E-state index contributed by atoms with van der Waals surface area (Å²) in [7, 11) is 1.97. The molecule has 0 aliphatic carbocycles. The van der Waals surface area contributed by atoms with Crippen molar-refractivity contribution >= 4 is 0 Å². The molecule has 1 heterocycles. The quantitative estimate of drug-likeness (QED) is 0.618. The van der Waals surface area contributed by atoms with Crippen molar-refractivity contribution in [2.24, 2.45) is 5.92 Å². The number of likely N-dealkylation sites (N-methyl/N-ethyl adjacent to an activating group) is 1. The van der Waals surface area contributed by atoms with Gasteiger partial charge in [-0.1, -0.05) is 6.08 Å². The van der Waals surface area contributed by atoms with Crippen LogP contribution < -0.4 is 5.32 Å². The Kier molecular flexibility index (Phi) is 3.09. The maximum Gasteiger partial charge on any atom is 0.0593 e. The highest BCUT2D eigenvalue weighted by Gasteiger charge is 2.28. The third-order valence-electron chi connectivity index (χ3n) is 2.48. The number of nitrogens with one attached hydrogen (secondary N) is 1. The van der Waals surface area contributed by atoms with Crippen LogP contribution in [0.4, 0.5) is 0 Å².